The third-order valence-corrected chi connectivity index (χ3v) is 6.59. The van der Waals surface area contributed by atoms with Gasteiger partial charge in [0, 0.05) is 26.8 Å². The van der Waals surface area contributed by atoms with Crippen LogP contribution in [-0.2, 0) is 11.3 Å². The summed E-state index contributed by atoms with van der Waals surface area (Å²) in [4.78, 5) is 4.87. The number of rotatable bonds is 10. The summed E-state index contributed by atoms with van der Waals surface area (Å²) < 4.78 is 16.8. The van der Waals surface area contributed by atoms with E-state index in [1.807, 2.05) is 6.07 Å². The van der Waals surface area contributed by atoms with Gasteiger partial charge in [0.05, 0.1) is 7.11 Å². The molecule has 2 saturated heterocycles. The highest BCUT2D eigenvalue weighted by molar-refractivity contribution is 5.43. The Kier molecular flexibility index (Phi) is 10.4. The highest BCUT2D eigenvalue weighted by atomic mass is 16.5. The molecule has 176 valence electrons. The number of β-amino-alcohol motifs (C(OH)–C–C–N with tert-alkyl or cyclic N) is 1. The van der Waals surface area contributed by atoms with Gasteiger partial charge < -0.3 is 24.2 Å². The molecule has 1 atom stereocenters. The van der Waals surface area contributed by atoms with E-state index in [1.54, 1.807) is 14.2 Å². The van der Waals surface area contributed by atoms with Crippen molar-refractivity contribution in [1.29, 1.82) is 0 Å². The van der Waals surface area contributed by atoms with Crippen molar-refractivity contribution < 1.29 is 19.3 Å². The minimum Gasteiger partial charge on any atom is -0.493 e. The predicted molar refractivity (Wildman–Crippen MR) is 124 cm³/mol. The first-order valence-corrected chi connectivity index (χ1v) is 12.1. The molecule has 1 aromatic carbocycles. The number of nitrogens with zero attached hydrogens (tertiary/aromatic N) is 2. The maximum atomic E-state index is 10.5. The molecule has 2 heterocycles. The third-order valence-electron chi connectivity index (χ3n) is 6.59. The maximum Gasteiger partial charge on any atom is 0.161 e. The number of methoxy groups -OCH3 is 2. The second kappa shape index (κ2) is 13.3. The Balaban J connectivity index is 1.46. The maximum absolute atomic E-state index is 10.5. The number of likely N-dealkylation sites (tertiary alicyclic amines) is 2. The summed E-state index contributed by atoms with van der Waals surface area (Å²) in [7, 11) is 3.47. The monoisotopic (exact) mass is 434 g/mol. The lowest BCUT2D eigenvalue weighted by molar-refractivity contribution is 0.0644. The molecule has 6 heteroatoms. The van der Waals surface area contributed by atoms with Gasteiger partial charge in [-0.3, -0.25) is 4.90 Å². The number of hydrogen-bond acceptors (Lipinski definition) is 6. The summed E-state index contributed by atoms with van der Waals surface area (Å²) in [5, 5.41) is 10.5. The van der Waals surface area contributed by atoms with Gasteiger partial charge in [0.15, 0.2) is 11.5 Å². The molecule has 2 fully saturated rings. The normalized spacial score (nSPS) is 20.7. The van der Waals surface area contributed by atoms with E-state index in [1.165, 1.54) is 50.5 Å². The molecular weight excluding hydrogens is 392 g/mol. The summed E-state index contributed by atoms with van der Waals surface area (Å²) in [5.74, 6) is 2.14. The fraction of sp³-hybridized carbons (Fsp3) is 0.760. The summed E-state index contributed by atoms with van der Waals surface area (Å²) in [6.45, 7) is 7.15. The number of benzene rings is 1. The fourth-order valence-corrected chi connectivity index (χ4v) is 4.77. The molecule has 2 aliphatic rings. The molecular formula is C25H42N2O4. The summed E-state index contributed by atoms with van der Waals surface area (Å²) in [5.41, 5.74) is 1.23. The summed E-state index contributed by atoms with van der Waals surface area (Å²) in [6.07, 6.45) is 8.32. The minimum atomic E-state index is -0.489. The van der Waals surface area contributed by atoms with Gasteiger partial charge in [0.1, 0.15) is 12.7 Å². The van der Waals surface area contributed by atoms with Crippen LogP contribution in [0.15, 0.2) is 18.2 Å². The highest BCUT2D eigenvalue weighted by Crippen LogP contribution is 2.29. The molecule has 1 N–H and O–H groups in total. The second-order valence-electron chi connectivity index (χ2n) is 9.19. The number of hydrogen-bond donors (Lipinski definition) is 1. The first kappa shape index (κ1) is 24.3. The number of aliphatic hydroxyl groups is 1. The Morgan fingerprint density at radius 2 is 1.65 bits per heavy atom. The van der Waals surface area contributed by atoms with Crippen molar-refractivity contribution in [3.63, 3.8) is 0 Å². The van der Waals surface area contributed by atoms with Gasteiger partial charge in [0.25, 0.3) is 0 Å². The van der Waals surface area contributed by atoms with Gasteiger partial charge in [0.2, 0.25) is 0 Å². The van der Waals surface area contributed by atoms with Gasteiger partial charge in [-0.25, -0.2) is 0 Å². The van der Waals surface area contributed by atoms with Crippen molar-refractivity contribution in [3.8, 4) is 11.5 Å². The molecule has 0 saturated carbocycles. The van der Waals surface area contributed by atoms with E-state index in [0.29, 0.717) is 24.8 Å². The molecule has 0 bridgehead atoms. The Morgan fingerprint density at radius 1 is 0.935 bits per heavy atom. The third kappa shape index (κ3) is 8.26. The molecule has 3 rings (SSSR count). The molecule has 0 aromatic heterocycles. The van der Waals surface area contributed by atoms with Gasteiger partial charge in [-0.15, -0.1) is 0 Å². The molecule has 1 aromatic rings. The van der Waals surface area contributed by atoms with Crippen LogP contribution in [0.2, 0.25) is 0 Å². The van der Waals surface area contributed by atoms with Crippen molar-refractivity contribution in [3.05, 3.63) is 23.8 Å². The Morgan fingerprint density at radius 3 is 2.32 bits per heavy atom. The molecule has 31 heavy (non-hydrogen) atoms. The Labute approximate surface area is 188 Å². The van der Waals surface area contributed by atoms with Crippen molar-refractivity contribution >= 4 is 0 Å². The first-order chi connectivity index (χ1) is 15.2. The molecule has 0 aliphatic carbocycles. The lowest BCUT2D eigenvalue weighted by Gasteiger charge is -2.31. The zero-order valence-corrected chi connectivity index (χ0v) is 19.6. The van der Waals surface area contributed by atoms with E-state index in [4.69, 9.17) is 14.2 Å². The predicted octanol–water partition coefficient (Wildman–Crippen LogP) is 3.56. The highest BCUT2D eigenvalue weighted by Gasteiger charge is 2.20. The lowest BCUT2D eigenvalue weighted by atomic mass is 9.97. The largest absolute Gasteiger partial charge is 0.493 e. The molecule has 0 spiro atoms. The van der Waals surface area contributed by atoms with Crippen LogP contribution in [-0.4, -0.2) is 81.2 Å². The van der Waals surface area contributed by atoms with Crippen LogP contribution < -0.4 is 9.47 Å². The van der Waals surface area contributed by atoms with E-state index < -0.39 is 6.10 Å². The van der Waals surface area contributed by atoms with E-state index in [-0.39, 0.29) is 0 Å². The van der Waals surface area contributed by atoms with Gasteiger partial charge >= 0.3 is 0 Å². The van der Waals surface area contributed by atoms with Gasteiger partial charge in [-0.2, -0.15) is 0 Å². The average molecular weight is 435 g/mol. The zero-order chi connectivity index (χ0) is 21.9. The number of piperidine rings is 1. The number of ether oxygens (including phenoxy) is 3. The molecule has 0 amide bonds. The van der Waals surface area contributed by atoms with Crippen molar-refractivity contribution in [2.75, 3.05) is 60.2 Å². The van der Waals surface area contributed by atoms with Gasteiger partial charge in [-0.05, 0) is 75.5 Å². The molecule has 2 aliphatic heterocycles. The van der Waals surface area contributed by atoms with Crippen LogP contribution in [0, 0.1) is 5.92 Å². The molecule has 0 unspecified atom stereocenters. The molecule has 6 nitrogen and oxygen atoms in total. The standard InChI is InChI=1S/C25H42N2O4/c1-29-19-21-10-14-27(15-11-21)17-22-8-9-24(25(16-22)30-2)31-20-23(28)18-26-12-6-4-3-5-7-13-26/h8-9,16,21,23,28H,3-7,10-15,17-20H2,1-2H3/t23-/m1/s1. The Bertz CT molecular complexity index is 626. The van der Waals surface area contributed by atoms with Crippen LogP contribution in [0.3, 0.4) is 0 Å². The Hall–Kier alpha value is -1.34. The molecule has 0 radical (unpaired) electrons. The van der Waals surface area contributed by atoms with Crippen LogP contribution >= 0.6 is 0 Å². The lowest BCUT2D eigenvalue weighted by Crippen LogP contribution is -2.37. The van der Waals surface area contributed by atoms with Crippen LogP contribution in [0.1, 0.15) is 50.5 Å². The zero-order valence-electron chi connectivity index (χ0n) is 19.6. The second-order valence-corrected chi connectivity index (χ2v) is 9.19. The van der Waals surface area contributed by atoms with Crippen molar-refractivity contribution in [1.82, 2.24) is 9.80 Å². The van der Waals surface area contributed by atoms with Gasteiger partial charge in [-0.1, -0.05) is 25.3 Å². The quantitative estimate of drug-likeness (QED) is 0.608. The SMILES string of the molecule is COCC1CCN(Cc2ccc(OC[C@H](O)CN3CCCCCCC3)c(OC)c2)CC1. The minimum absolute atomic E-state index is 0.291. The van der Waals surface area contributed by atoms with E-state index in [9.17, 15) is 5.11 Å². The fourth-order valence-electron chi connectivity index (χ4n) is 4.77. The van der Waals surface area contributed by atoms with Crippen LogP contribution in [0.5, 0.6) is 11.5 Å². The summed E-state index contributed by atoms with van der Waals surface area (Å²) >= 11 is 0. The van der Waals surface area contributed by atoms with E-state index in [0.717, 1.165) is 45.1 Å². The summed E-state index contributed by atoms with van der Waals surface area (Å²) in [6, 6.07) is 6.17. The van der Waals surface area contributed by atoms with Crippen molar-refractivity contribution in [2.24, 2.45) is 5.92 Å². The van der Waals surface area contributed by atoms with Crippen LogP contribution in [0.25, 0.3) is 0 Å². The number of aliphatic hydroxyl groups excluding tert-OH is 1. The van der Waals surface area contributed by atoms with Crippen LogP contribution in [0.4, 0.5) is 0 Å². The van der Waals surface area contributed by atoms with Crippen molar-refractivity contribution in [2.45, 2.75) is 57.6 Å². The van der Waals surface area contributed by atoms with E-state index in [2.05, 4.69) is 21.9 Å². The topological polar surface area (TPSA) is 54.4 Å². The first-order valence-electron chi connectivity index (χ1n) is 12.1. The smallest absolute Gasteiger partial charge is 0.161 e. The van der Waals surface area contributed by atoms with E-state index >= 15 is 0 Å². The average Bonchev–Trinajstić information content (AvgIpc) is 2.76.